The average Bonchev–Trinajstić information content (AvgIpc) is 3.11. The predicted molar refractivity (Wildman–Crippen MR) is 112 cm³/mol. The maximum Gasteiger partial charge on any atom is 0.191 e. The van der Waals surface area contributed by atoms with Crippen molar-refractivity contribution in [3.8, 4) is 0 Å². The monoisotopic (exact) mass is 363 g/mol. The largest absolute Gasteiger partial charge is 0.356 e. The second kappa shape index (κ2) is 8.71. The smallest absolute Gasteiger partial charge is 0.191 e. The van der Waals surface area contributed by atoms with Crippen LogP contribution in [0.4, 0.5) is 0 Å². The highest BCUT2D eigenvalue weighted by Gasteiger charge is 2.15. The van der Waals surface area contributed by atoms with E-state index in [2.05, 4.69) is 83.4 Å². The number of hydrogen-bond acceptors (Lipinski definition) is 2. The van der Waals surface area contributed by atoms with E-state index < -0.39 is 0 Å². The first kappa shape index (κ1) is 19.0. The van der Waals surface area contributed by atoms with Gasteiger partial charge in [0, 0.05) is 44.4 Å². The Hall–Kier alpha value is -2.82. The molecule has 2 N–H and O–H groups in total. The summed E-state index contributed by atoms with van der Waals surface area (Å²) in [5.41, 5.74) is 4.63. The van der Waals surface area contributed by atoms with Crippen LogP contribution < -0.4 is 10.6 Å². The van der Waals surface area contributed by atoms with Crippen LogP contribution in [-0.4, -0.2) is 35.0 Å². The first-order valence-corrected chi connectivity index (χ1v) is 9.54. The molecule has 0 spiro atoms. The van der Waals surface area contributed by atoms with Gasteiger partial charge in [-0.1, -0.05) is 43.3 Å². The van der Waals surface area contributed by atoms with Crippen molar-refractivity contribution < 1.29 is 0 Å². The SMILES string of the molecule is CN=C(NCCc1cn2cccc(C)c2n1)NC(C)C(C)c1ccccc1. The Bertz CT molecular complexity index is 897. The third kappa shape index (κ3) is 4.67. The number of benzene rings is 1. The van der Waals surface area contributed by atoms with Crippen LogP contribution in [0.5, 0.6) is 0 Å². The third-order valence-corrected chi connectivity index (χ3v) is 5.06. The number of pyridine rings is 1. The van der Waals surface area contributed by atoms with E-state index in [9.17, 15) is 0 Å². The van der Waals surface area contributed by atoms with Crippen molar-refractivity contribution in [3.63, 3.8) is 0 Å². The molecule has 0 saturated carbocycles. The third-order valence-electron chi connectivity index (χ3n) is 5.06. The standard InChI is InChI=1S/C22H29N5/c1-16-9-8-14-27-15-20(26-21(16)27)12-13-24-22(23-4)25-18(3)17(2)19-10-6-5-7-11-19/h5-11,14-15,17-18H,12-13H2,1-4H3,(H2,23,24,25). The first-order chi connectivity index (χ1) is 13.1. The fourth-order valence-electron chi connectivity index (χ4n) is 3.21. The van der Waals surface area contributed by atoms with E-state index in [4.69, 9.17) is 4.98 Å². The van der Waals surface area contributed by atoms with Gasteiger partial charge in [0.05, 0.1) is 5.69 Å². The van der Waals surface area contributed by atoms with E-state index in [1.165, 1.54) is 11.1 Å². The van der Waals surface area contributed by atoms with Gasteiger partial charge < -0.3 is 15.0 Å². The van der Waals surface area contributed by atoms with Crippen LogP contribution in [0.1, 0.15) is 36.6 Å². The Morgan fingerprint density at radius 3 is 2.63 bits per heavy atom. The number of aromatic nitrogens is 2. The molecule has 0 bridgehead atoms. The summed E-state index contributed by atoms with van der Waals surface area (Å²) in [5.74, 6) is 1.22. The van der Waals surface area contributed by atoms with Gasteiger partial charge in [-0.15, -0.1) is 0 Å². The first-order valence-electron chi connectivity index (χ1n) is 9.54. The summed E-state index contributed by atoms with van der Waals surface area (Å²) in [6.07, 6.45) is 4.99. The molecule has 27 heavy (non-hydrogen) atoms. The van der Waals surface area contributed by atoms with E-state index >= 15 is 0 Å². The molecule has 0 fully saturated rings. The number of rotatable bonds is 6. The molecule has 3 aromatic rings. The quantitative estimate of drug-likeness (QED) is 0.520. The molecule has 2 atom stereocenters. The van der Waals surface area contributed by atoms with Crippen LogP contribution in [-0.2, 0) is 6.42 Å². The van der Waals surface area contributed by atoms with E-state index in [1.807, 2.05) is 19.3 Å². The predicted octanol–water partition coefficient (Wildman–Crippen LogP) is 3.54. The number of fused-ring (bicyclic) bond motifs is 1. The topological polar surface area (TPSA) is 53.7 Å². The van der Waals surface area contributed by atoms with Crippen molar-refractivity contribution in [3.05, 3.63) is 71.7 Å². The van der Waals surface area contributed by atoms with Crippen LogP contribution in [0.2, 0.25) is 0 Å². The Morgan fingerprint density at radius 2 is 1.93 bits per heavy atom. The number of imidazole rings is 1. The number of nitrogens with one attached hydrogen (secondary N) is 2. The van der Waals surface area contributed by atoms with Crippen molar-refractivity contribution in [2.75, 3.05) is 13.6 Å². The van der Waals surface area contributed by atoms with Gasteiger partial charge in [-0.25, -0.2) is 4.98 Å². The second-order valence-electron chi connectivity index (χ2n) is 7.04. The van der Waals surface area contributed by atoms with Crippen molar-refractivity contribution in [1.82, 2.24) is 20.0 Å². The summed E-state index contributed by atoms with van der Waals surface area (Å²) in [5, 5.41) is 6.90. The zero-order valence-electron chi connectivity index (χ0n) is 16.6. The number of guanidine groups is 1. The summed E-state index contributed by atoms with van der Waals surface area (Å²) < 4.78 is 2.08. The maximum atomic E-state index is 4.73. The Morgan fingerprint density at radius 1 is 1.15 bits per heavy atom. The van der Waals surface area contributed by atoms with Crippen LogP contribution in [0.3, 0.4) is 0 Å². The molecule has 2 aromatic heterocycles. The average molecular weight is 364 g/mol. The van der Waals surface area contributed by atoms with Crippen LogP contribution in [0.15, 0.2) is 59.9 Å². The van der Waals surface area contributed by atoms with Crippen molar-refractivity contribution in [2.24, 2.45) is 4.99 Å². The minimum absolute atomic E-state index is 0.274. The van der Waals surface area contributed by atoms with Gasteiger partial charge in [-0.2, -0.15) is 0 Å². The van der Waals surface area contributed by atoms with E-state index in [-0.39, 0.29) is 6.04 Å². The van der Waals surface area contributed by atoms with Gasteiger partial charge in [0.25, 0.3) is 0 Å². The minimum Gasteiger partial charge on any atom is -0.356 e. The lowest BCUT2D eigenvalue weighted by atomic mass is 9.94. The summed E-state index contributed by atoms with van der Waals surface area (Å²) in [4.78, 5) is 9.09. The van der Waals surface area contributed by atoms with Gasteiger partial charge in [0.15, 0.2) is 5.96 Å². The second-order valence-corrected chi connectivity index (χ2v) is 7.04. The lowest BCUT2D eigenvalue weighted by molar-refractivity contribution is 0.550. The maximum absolute atomic E-state index is 4.73. The molecule has 5 heteroatoms. The zero-order valence-corrected chi connectivity index (χ0v) is 16.6. The Kier molecular flexibility index (Phi) is 6.12. The van der Waals surface area contributed by atoms with E-state index in [1.54, 1.807) is 0 Å². The summed E-state index contributed by atoms with van der Waals surface area (Å²) in [7, 11) is 1.81. The highest BCUT2D eigenvalue weighted by molar-refractivity contribution is 5.80. The summed E-state index contributed by atoms with van der Waals surface area (Å²) in [6, 6.07) is 15.0. The minimum atomic E-state index is 0.274. The molecule has 142 valence electrons. The molecule has 2 unspecified atom stereocenters. The van der Waals surface area contributed by atoms with Gasteiger partial charge in [-0.05, 0) is 31.0 Å². The summed E-state index contributed by atoms with van der Waals surface area (Å²) in [6.45, 7) is 7.30. The lowest BCUT2D eigenvalue weighted by Gasteiger charge is -2.24. The molecule has 0 amide bonds. The summed E-state index contributed by atoms with van der Waals surface area (Å²) >= 11 is 0. The number of aryl methyl sites for hydroxylation is 1. The van der Waals surface area contributed by atoms with Crippen molar-refractivity contribution in [1.29, 1.82) is 0 Å². The highest BCUT2D eigenvalue weighted by atomic mass is 15.2. The zero-order chi connectivity index (χ0) is 19.2. The molecule has 0 saturated heterocycles. The molecule has 0 aliphatic heterocycles. The molecule has 3 rings (SSSR count). The normalized spacial score (nSPS) is 14.1. The molecular weight excluding hydrogens is 334 g/mol. The number of nitrogens with zero attached hydrogens (tertiary/aromatic N) is 3. The van der Waals surface area contributed by atoms with Gasteiger partial charge in [0.1, 0.15) is 5.65 Å². The van der Waals surface area contributed by atoms with Gasteiger partial charge >= 0.3 is 0 Å². The fraction of sp³-hybridized carbons (Fsp3) is 0.364. The molecular formula is C22H29N5. The van der Waals surface area contributed by atoms with Gasteiger partial charge in [0.2, 0.25) is 0 Å². The van der Waals surface area contributed by atoms with Crippen LogP contribution in [0.25, 0.3) is 5.65 Å². The van der Waals surface area contributed by atoms with Crippen molar-refractivity contribution in [2.45, 2.75) is 39.2 Å². The van der Waals surface area contributed by atoms with Crippen LogP contribution in [0, 0.1) is 6.92 Å². The molecule has 0 aliphatic carbocycles. The Labute approximate surface area is 161 Å². The van der Waals surface area contributed by atoms with E-state index in [0.717, 1.165) is 30.3 Å². The Balaban J connectivity index is 1.53. The molecule has 5 nitrogen and oxygen atoms in total. The number of aliphatic imine (C=N–C) groups is 1. The number of hydrogen-bond donors (Lipinski definition) is 2. The lowest BCUT2D eigenvalue weighted by Crippen LogP contribution is -2.44. The van der Waals surface area contributed by atoms with Crippen molar-refractivity contribution >= 4 is 11.6 Å². The fourth-order valence-corrected chi connectivity index (χ4v) is 3.21. The molecule has 2 heterocycles. The van der Waals surface area contributed by atoms with Crippen LogP contribution >= 0.6 is 0 Å². The highest BCUT2D eigenvalue weighted by Crippen LogP contribution is 2.18. The molecule has 0 radical (unpaired) electrons. The molecule has 1 aromatic carbocycles. The van der Waals surface area contributed by atoms with Gasteiger partial charge in [-0.3, -0.25) is 4.99 Å². The van der Waals surface area contributed by atoms with E-state index in [0.29, 0.717) is 5.92 Å². The molecule has 0 aliphatic rings.